The first kappa shape index (κ1) is 16.0. The van der Waals surface area contributed by atoms with Crippen molar-refractivity contribution < 1.29 is 5.11 Å². The van der Waals surface area contributed by atoms with Crippen LogP contribution in [-0.4, -0.2) is 37.4 Å². The first-order valence-corrected chi connectivity index (χ1v) is 7.16. The molecule has 0 saturated heterocycles. The first-order chi connectivity index (χ1) is 9.04. The largest absolute Gasteiger partial charge is 0.394 e. The summed E-state index contributed by atoms with van der Waals surface area (Å²) in [5.41, 5.74) is 2.43. The Labute approximate surface area is 117 Å². The van der Waals surface area contributed by atoms with Crippen molar-refractivity contribution in [2.75, 3.05) is 31.6 Å². The average molecular weight is 264 g/mol. The van der Waals surface area contributed by atoms with Crippen LogP contribution >= 0.6 is 0 Å². The molecule has 1 unspecified atom stereocenters. The highest BCUT2D eigenvalue weighted by molar-refractivity contribution is 5.48. The molecule has 0 saturated carbocycles. The van der Waals surface area contributed by atoms with E-state index in [0.717, 1.165) is 25.9 Å². The number of aliphatic hydroxyl groups is 1. The monoisotopic (exact) mass is 264 g/mol. The number of likely N-dealkylation sites (N-methyl/N-ethyl adjacent to an activating group) is 1. The molecule has 0 heterocycles. The van der Waals surface area contributed by atoms with Crippen LogP contribution in [0.5, 0.6) is 0 Å². The summed E-state index contributed by atoms with van der Waals surface area (Å²) in [6.45, 7) is 8.60. The van der Waals surface area contributed by atoms with Gasteiger partial charge in [0.1, 0.15) is 0 Å². The van der Waals surface area contributed by atoms with E-state index in [1.54, 1.807) is 0 Å². The number of rotatable bonds is 8. The van der Waals surface area contributed by atoms with Gasteiger partial charge in [-0.3, -0.25) is 0 Å². The molecule has 0 fully saturated rings. The van der Waals surface area contributed by atoms with E-state index in [9.17, 15) is 5.11 Å². The molecule has 0 aliphatic rings. The summed E-state index contributed by atoms with van der Waals surface area (Å²) in [5, 5.41) is 12.6. The quantitative estimate of drug-likeness (QED) is 0.757. The number of hydrogen-bond acceptors (Lipinski definition) is 3. The lowest BCUT2D eigenvalue weighted by atomic mass is 9.97. The lowest BCUT2D eigenvalue weighted by molar-refractivity contribution is 0.172. The summed E-state index contributed by atoms with van der Waals surface area (Å²) < 4.78 is 0. The number of hydrogen-bond donors (Lipinski definition) is 2. The van der Waals surface area contributed by atoms with Gasteiger partial charge in [-0.15, -0.1) is 0 Å². The number of aliphatic hydroxyl groups excluding tert-OH is 1. The molecule has 1 aromatic carbocycles. The van der Waals surface area contributed by atoms with E-state index in [-0.39, 0.29) is 12.1 Å². The molecule has 0 spiro atoms. The van der Waals surface area contributed by atoms with Crippen LogP contribution in [-0.2, 0) is 0 Å². The lowest BCUT2D eigenvalue weighted by Gasteiger charge is -2.29. The second-order valence-electron chi connectivity index (χ2n) is 5.49. The van der Waals surface area contributed by atoms with Crippen LogP contribution in [0.3, 0.4) is 0 Å². The van der Waals surface area contributed by atoms with E-state index in [1.165, 1.54) is 11.3 Å². The highest BCUT2D eigenvalue weighted by Crippen LogP contribution is 2.18. The van der Waals surface area contributed by atoms with Gasteiger partial charge in [-0.1, -0.05) is 12.1 Å². The molecule has 19 heavy (non-hydrogen) atoms. The van der Waals surface area contributed by atoms with E-state index in [0.29, 0.717) is 0 Å². The third kappa shape index (κ3) is 4.84. The Balaban J connectivity index is 2.54. The maximum Gasteiger partial charge on any atom is 0.0610 e. The molecule has 1 rings (SSSR count). The SMILES string of the molecule is CCN(CCCC(C)(CO)NC)c1cccc(C)c1. The zero-order valence-electron chi connectivity index (χ0n) is 12.7. The Bertz CT molecular complexity index is 375. The fraction of sp³-hybridized carbons (Fsp3) is 0.625. The Morgan fingerprint density at radius 2 is 2.11 bits per heavy atom. The topological polar surface area (TPSA) is 35.5 Å². The highest BCUT2D eigenvalue weighted by Gasteiger charge is 2.20. The van der Waals surface area contributed by atoms with Crippen LogP contribution in [0.1, 0.15) is 32.3 Å². The van der Waals surface area contributed by atoms with Crippen LogP contribution in [0.4, 0.5) is 5.69 Å². The van der Waals surface area contributed by atoms with Crippen LogP contribution in [0.2, 0.25) is 0 Å². The van der Waals surface area contributed by atoms with Crippen molar-refractivity contribution in [3.05, 3.63) is 29.8 Å². The van der Waals surface area contributed by atoms with Crippen molar-refractivity contribution in [2.24, 2.45) is 0 Å². The average Bonchev–Trinajstić information content (AvgIpc) is 2.43. The van der Waals surface area contributed by atoms with Gasteiger partial charge < -0.3 is 15.3 Å². The van der Waals surface area contributed by atoms with Crippen molar-refractivity contribution in [1.29, 1.82) is 0 Å². The van der Waals surface area contributed by atoms with E-state index < -0.39 is 0 Å². The molecule has 3 nitrogen and oxygen atoms in total. The predicted molar refractivity (Wildman–Crippen MR) is 82.9 cm³/mol. The van der Waals surface area contributed by atoms with E-state index in [2.05, 4.69) is 55.3 Å². The van der Waals surface area contributed by atoms with Gasteiger partial charge in [0.2, 0.25) is 0 Å². The molecule has 2 N–H and O–H groups in total. The maximum atomic E-state index is 9.39. The fourth-order valence-electron chi connectivity index (χ4n) is 2.24. The third-order valence-corrected chi connectivity index (χ3v) is 3.86. The molecule has 0 aliphatic heterocycles. The van der Waals surface area contributed by atoms with Gasteiger partial charge in [-0.25, -0.2) is 0 Å². The lowest BCUT2D eigenvalue weighted by Crippen LogP contribution is -2.43. The van der Waals surface area contributed by atoms with Gasteiger partial charge in [-0.2, -0.15) is 0 Å². The number of anilines is 1. The molecule has 108 valence electrons. The maximum absolute atomic E-state index is 9.39. The Kier molecular flexibility index (Phi) is 6.32. The van der Waals surface area contributed by atoms with E-state index in [4.69, 9.17) is 0 Å². The summed E-state index contributed by atoms with van der Waals surface area (Å²) in [7, 11) is 1.91. The van der Waals surface area contributed by atoms with Crippen molar-refractivity contribution in [1.82, 2.24) is 5.32 Å². The van der Waals surface area contributed by atoms with Gasteiger partial charge in [-0.05, 0) is 58.4 Å². The van der Waals surface area contributed by atoms with Crippen molar-refractivity contribution in [3.8, 4) is 0 Å². The summed E-state index contributed by atoms with van der Waals surface area (Å²) in [4.78, 5) is 2.39. The number of benzene rings is 1. The Morgan fingerprint density at radius 3 is 2.63 bits per heavy atom. The number of nitrogens with one attached hydrogen (secondary N) is 1. The van der Waals surface area contributed by atoms with Gasteiger partial charge in [0.05, 0.1) is 6.61 Å². The second kappa shape index (κ2) is 7.51. The molecular formula is C16H28N2O. The standard InChI is InChI=1S/C16H28N2O/c1-5-18(15-9-6-8-14(2)12-15)11-7-10-16(3,13-19)17-4/h6,8-9,12,17,19H,5,7,10-11,13H2,1-4H3. The van der Waals surface area contributed by atoms with E-state index in [1.807, 2.05) is 7.05 Å². The molecule has 0 bridgehead atoms. The summed E-state index contributed by atoms with van der Waals surface area (Å²) >= 11 is 0. The predicted octanol–water partition coefficient (Wildman–Crippen LogP) is 2.57. The Morgan fingerprint density at radius 1 is 1.37 bits per heavy atom. The second-order valence-corrected chi connectivity index (χ2v) is 5.49. The molecular weight excluding hydrogens is 236 g/mol. The fourth-order valence-corrected chi connectivity index (χ4v) is 2.24. The van der Waals surface area contributed by atoms with Crippen molar-refractivity contribution in [3.63, 3.8) is 0 Å². The normalized spacial score (nSPS) is 14.2. The molecule has 0 aromatic heterocycles. The third-order valence-electron chi connectivity index (χ3n) is 3.86. The number of aryl methyl sites for hydroxylation is 1. The van der Waals surface area contributed by atoms with E-state index >= 15 is 0 Å². The Hall–Kier alpha value is -1.06. The van der Waals surface area contributed by atoms with Crippen LogP contribution in [0.25, 0.3) is 0 Å². The van der Waals surface area contributed by atoms with Gasteiger partial charge in [0.15, 0.2) is 0 Å². The van der Waals surface area contributed by atoms with Crippen molar-refractivity contribution >= 4 is 5.69 Å². The van der Waals surface area contributed by atoms with Gasteiger partial charge >= 0.3 is 0 Å². The van der Waals surface area contributed by atoms with Gasteiger partial charge in [0, 0.05) is 24.3 Å². The summed E-state index contributed by atoms with van der Waals surface area (Å²) in [6, 6.07) is 8.63. The first-order valence-electron chi connectivity index (χ1n) is 7.16. The molecule has 0 radical (unpaired) electrons. The highest BCUT2D eigenvalue weighted by atomic mass is 16.3. The van der Waals surface area contributed by atoms with Crippen molar-refractivity contribution in [2.45, 2.75) is 39.2 Å². The van der Waals surface area contributed by atoms with Crippen LogP contribution < -0.4 is 10.2 Å². The number of nitrogens with zero attached hydrogens (tertiary/aromatic N) is 1. The minimum absolute atomic E-state index is 0.161. The summed E-state index contributed by atoms with van der Waals surface area (Å²) in [6.07, 6.45) is 2.04. The minimum Gasteiger partial charge on any atom is -0.394 e. The zero-order valence-corrected chi connectivity index (χ0v) is 12.7. The molecule has 0 aliphatic carbocycles. The zero-order chi connectivity index (χ0) is 14.3. The molecule has 3 heteroatoms. The molecule has 1 aromatic rings. The minimum atomic E-state index is -0.161. The smallest absolute Gasteiger partial charge is 0.0610 e. The van der Waals surface area contributed by atoms with Crippen LogP contribution in [0, 0.1) is 6.92 Å². The van der Waals surface area contributed by atoms with Gasteiger partial charge in [0.25, 0.3) is 0 Å². The summed E-state index contributed by atoms with van der Waals surface area (Å²) in [5.74, 6) is 0. The van der Waals surface area contributed by atoms with Crippen LogP contribution in [0.15, 0.2) is 24.3 Å². The molecule has 0 amide bonds. The molecule has 1 atom stereocenters.